The van der Waals surface area contributed by atoms with Crippen molar-refractivity contribution in [2.45, 2.75) is 44.4 Å². The van der Waals surface area contributed by atoms with Gasteiger partial charge in [-0.2, -0.15) is 0 Å². The average molecular weight is 560 g/mol. The number of hydrogen-bond donors (Lipinski definition) is 3. The number of hydroxylamine groups is 1. The Kier molecular flexibility index (Phi) is 8.72. The van der Waals surface area contributed by atoms with Gasteiger partial charge in [-0.3, -0.25) is 19.8 Å². The van der Waals surface area contributed by atoms with Crippen molar-refractivity contribution in [3.8, 4) is 0 Å². The number of benzene rings is 3. The lowest BCUT2D eigenvalue weighted by Gasteiger charge is -2.34. The van der Waals surface area contributed by atoms with E-state index >= 15 is 0 Å². The maximum Gasteiger partial charge on any atom is 0.247 e. The Hall–Kier alpha value is -3.81. The Balaban J connectivity index is 1.33. The minimum atomic E-state index is -0.477. The monoisotopic (exact) mass is 559 g/mol. The predicted octanol–water partition coefficient (Wildman–Crippen LogP) is 6.85. The van der Waals surface area contributed by atoms with E-state index in [1.807, 2.05) is 30.3 Å². The van der Waals surface area contributed by atoms with Gasteiger partial charge in [-0.05, 0) is 109 Å². The number of fused-ring (bicyclic) bond motifs is 1. The number of pyridine rings is 1. The van der Waals surface area contributed by atoms with Gasteiger partial charge in [-0.1, -0.05) is 35.9 Å². The number of aromatic nitrogens is 1. The molecular formula is C32H31ClFN3O3. The average Bonchev–Trinajstić information content (AvgIpc) is 2.97. The first-order valence-electron chi connectivity index (χ1n) is 13.5. The number of anilines is 1. The molecule has 40 heavy (non-hydrogen) atoms. The molecule has 3 aromatic carbocycles. The Morgan fingerprint density at radius 2 is 1.65 bits per heavy atom. The van der Waals surface area contributed by atoms with E-state index in [2.05, 4.69) is 10.3 Å². The molecule has 0 radical (unpaired) electrons. The predicted molar refractivity (Wildman–Crippen MR) is 154 cm³/mol. The zero-order valence-corrected chi connectivity index (χ0v) is 22.7. The highest BCUT2D eigenvalue weighted by atomic mass is 35.5. The summed E-state index contributed by atoms with van der Waals surface area (Å²) in [5.74, 6) is -0.582. The maximum absolute atomic E-state index is 14.0. The first-order valence-corrected chi connectivity index (χ1v) is 13.9. The molecule has 1 atom stereocenters. The van der Waals surface area contributed by atoms with Crippen LogP contribution in [0.1, 0.15) is 48.3 Å². The number of nitrogens with one attached hydrogen (secondary N) is 2. The molecule has 1 heterocycles. The Morgan fingerprint density at radius 3 is 2.35 bits per heavy atom. The van der Waals surface area contributed by atoms with Gasteiger partial charge in [0.25, 0.3) is 0 Å². The van der Waals surface area contributed by atoms with Crippen LogP contribution in [0.25, 0.3) is 10.9 Å². The third-order valence-electron chi connectivity index (χ3n) is 7.93. The van der Waals surface area contributed by atoms with Crippen molar-refractivity contribution in [3.63, 3.8) is 0 Å². The molecular weight excluding hydrogens is 529 g/mol. The van der Waals surface area contributed by atoms with Crippen LogP contribution in [0.4, 0.5) is 10.1 Å². The van der Waals surface area contributed by atoms with Gasteiger partial charge in [-0.15, -0.1) is 0 Å². The highest BCUT2D eigenvalue weighted by Gasteiger charge is 2.33. The van der Waals surface area contributed by atoms with Crippen LogP contribution in [0.2, 0.25) is 5.02 Å². The minimum Gasteiger partial charge on any atom is -0.326 e. The molecule has 2 amide bonds. The van der Waals surface area contributed by atoms with Crippen LogP contribution >= 0.6 is 11.6 Å². The summed E-state index contributed by atoms with van der Waals surface area (Å²) in [5.41, 5.74) is 6.04. The van der Waals surface area contributed by atoms with Crippen LogP contribution in [0.5, 0.6) is 0 Å². The van der Waals surface area contributed by atoms with Gasteiger partial charge in [0.05, 0.1) is 11.9 Å². The summed E-state index contributed by atoms with van der Waals surface area (Å²) in [6.07, 6.45) is 5.98. The standard InChI is InChI=1S/C32H31ClFN3O3/c33-24-9-12-26(13-10-24)36-32(39)28(17-20-1-3-21(4-2-20)18-31(38)37-40)23-7-5-22(6-8-23)27-15-16-35-30-14-11-25(34)19-29(27)30/h1-4,9-16,19,22-23,28,40H,5-8,17-18H2,(H,36,39)(H,37,38)/t22-,23+,28?. The summed E-state index contributed by atoms with van der Waals surface area (Å²) in [5, 5.41) is 13.3. The smallest absolute Gasteiger partial charge is 0.247 e. The summed E-state index contributed by atoms with van der Waals surface area (Å²) in [6.45, 7) is 0. The van der Waals surface area contributed by atoms with Gasteiger partial charge in [0, 0.05) is 28.2 Å². The van der Waals surface area contributed by atoms with Crippen LogP contribution in [0.15, 0.2) is 79.0 Å². The Bertz CT molecular complexity index is 1490. The normalized spacial score (nSPS) is 17.8. The highest BCUT2D eigenvalue weighted by molar-refractivity contribution is 6.30. The van der Waals surface area contributed by atoms with Crippen molar-refractivity contribution >= 4 is 40.0 Å². The second kappa shape index (κ2) is 12.6. The largest absolute Gasteiger partial charge is 0.326 e. The molecule has 1 aromatic heterocycles. The fraction of sp³-hybridized carbons (Fsp3) is 0.281. The van der Waals surface area contributed by atoms with Crippen molar-refractivity contribution in [2.24, 2.45) is 11.8 Å². The molecule has 206 valence electrons. The lowest BCUT2D eigenvalue weighted by molar-refractivity contribution is -0.128. The van der Waals surface area contributed by atoms with Gasteiger partial charge < -0.3 is 5.32 Å². The van der Waals surface area contributed by atoms with E-state index in [1.165, 1.54) is 6.07 Å². The number of carbonyl (C=O) groups excluding carboxylic acids is 2. The van der Waals surface area contributed by atoms with E-state index in [1.54, 1.807) is 48.1 Å². The van der Waals surface area contributed by atoms with Crippen molar-refractivity contribution < 1.29 is 19.2 Å². The Morgan fingerprint density at radius 1 is 0.950 bits per heavy atom. The minimum absolute atomic E-state index is 0.0362. The van der Waals surface area contributed by atoms with Crippen LogP contribution in [0, 0.1) is 17.7 Å². The van der Waals surface area contributed by atoms with Crippen LogP contribution in [-0.4, -0.2) is 22.0 Å². The lowest BCUT2D eigenvalue weighted by Crippen LogP contribution is -2.33. The topological polar surface area (TPSA) is 91.3 Å². The summed E-state index contributed by atoms with van der Waals surface area (Å²) in [6, 6.07) is 21.4. The molecule has 1 aliphatic rings. The van der Waals surface area contributed by atoms with E-state index < -0.39 is 5.91 Å². The first kappa shape index (κ1) is 27.7. The molecule has 4 aromatic rings. The summed E-state index contributed by atoms with van der Waals surface area (Å²) in [7, 11) is 0. The zero-order valence-electron chi connectivity index (χ0n) is 21.9. The van der Waals surface area contributed by atoms with Crippen molar-refractivity contribution in [1.29, 1.82) is 0 Å². The van der Waals surface area contributed by atoms with Crippen molar-refractivity contribution in [2.75, 3.05) is 5.32 Å². The summed E-state index contributed by atoms with van der Waals surface area (Å²) < 4.78 is 14.0. The number of halogens is 2. The third-order valence-corrected chi connectivity index (χ3v) is 8.19. The Labute approximate surface area is 237 Å². The van der Waals surface area contributed by atoms with Crippen LogP contribution in [0.3, 0.4) is 0 Å². The van der Waals surface area contributed by atoms with E-state index in [4.69, 9.17) is 16.8 Å². The second-order valence-electron chi connectivity index (χ2n) is 10.5. The number of nitrogens with zero attached hydrogens (tertiary/aromatic N) is 1. The highest BCUT2D eigenvalue weighted by Crippen LogP contribution is 2.42. The van der Waals surface area contributed by atoms with Crippen LogP contribution in [-0.2, 0) is 22.4 Å². The molecule has 1 aliphatic carbocycles. The molecule has 0 saturated heterocycles. The number of hydrogen-bond acceptors (Lipinski definition) is 4. The van der Waals surface area contributed by atoms with Crippen molar-refractivity contribution in [1.82, 2.24) is 10.5 Å². The van der Waals surface area contributed by atoms with Gasteiger partial charge >= 0.3 is 0 Å². The number of rotatable bonds is 8. The van der Waals surface area contributed by atoms with E-state index in [-0.39, 0.29) is 35.9 Å². The number of carbonyl (C=O) groups is 2. The maximum atomic E-state index is 14.0. The second-order valence-corrected chi connectivity index (χ2v) is 10.9. The lowest BCUT2D eigenvalue weighted by atomic mass is 9.71. The summed E-state index contributed by atoms with van der Waals surface area (Å²) in [4.78, 5) is 29.6. The molecule has 8 heteroatoms. The fourth-order valence-corrected chi connectivity index (χ4v) is 5.97. The molecule has 3 N–H and O–H groups in total. The van der Waals surface area contributed by atoms with Gasteiger partial charge in [-0.25, -0.2) is 9.87 Å². The van der Waals surface area contributed by atoms with Gasteiger partial charge in [0.1, 0.15) is 5.82 Å². The first-order chi connectivity index (χ1) is 19.4. The molecule has 1 fully saturated rings. The molecule has 0 spiro atoms. The fourth-order valence-electron chi connectivity index (χ4n) is 5.84. The SMILES string of the molecule is O=C(Cc1ccc(CC(C(=O)Nc2ccc(Cl)cc2)[C@H]2CC[C@@H](c3ccnc4ccc(F)cc43)CC2)cc1)NO. The molecule has 1 saturated carbocycles. The zero-order chi connectivity index (χ0) is 28.1. The van der Waals surface area contributed by atoms with E-state index in [9.17, 15) is 14.0 Å². The molecule has 6 nitrogen and oxygen atoms in total. The van der Waals surface area contributed by atoms with Crippen molar-refractivity contribution in [3.05, 3.63) is 107 Å². The quantitative estimate of drug-likeness (QED) is 0.163. The van der Waals surface area contributed by atoms with Gasteiger partial charge in [0.15, 0.2) is 0 Å². The number of amides is 2. The molecule has 0 bridgehead atoms. The molecule has 5 rings (SSSR count). The van der Waals surface area contributed by atoms with Crippen LogP contribution < -0.4 is 10.8 Å². The molecule has 1 unspecified atom stereocenters. The summed E-state index contributed by atoms with van der Waals surface area (Å²) >= 11 is 6.03. The third kappa shape index (κ3) is 6.66. The van der Waals surface area contributed by atoms with E-state index in [0.717, 1.165) is 53.3 Å². The van der Waals surface area contributed by atoms with E-state index in [0.29, 0.717) is 17.1 Å². The molecule has 0 aliphatic heterocycles. The van der Waals surface area contributed by atoms with Gasteiger partial charge in [0.2, 0.25) is 11.8 Å².